The van der Waals surface area contributed by atoms with Gasteiger partial charge in [-0.1, -0.05) is 6.42 Å². The Hall–Kier alpha value is -1.84. The molecule has 25 heavy (non-hydrogen) atoms. The minimum absolute atomic E-state index is 0.207. The lowest BCUT2D eigenvalue weighted by atomic mass is 10.2. The molecule has 1 heterocycles. The van der Waals surface area contributed by atoms with Gasteiger partial charge in [0.2, 0.25) is 0 Å². The van der Waals surface area contributed by atoms with Crippen molar-refractivity contribution in [3.05, 3.63) is 16.1 Å². The van der Waals surface area contributed by atoms with Gasteiger partial charge in [-0.15, -0.1) is 11.3 Å². The summed E-state index contributed by atoms with van der Waals surface area (Å²) >= 11 is 0.998. The Bertz CT molecular complexity index is 561. The SMILES string of the molecule is CN=C(NCCCCCC(=O)OC)NCCc1nc(C(F)(F)F)cs1. The summed E-state index contributed by atoms with van der Waals surface area (Å²) in [5.41, 5.74) is -0.845. The van der Waals surface area contributed by atoms with Crippen LogP contribution in [0.3, 0.4) is 0 Å². The second-order valence-electron chi connectivity index (χ2n) is 5.19. The van der Waals surface area contributed by atoms with E-state index in [4.69, 9.17) is 0 Å². The van der Waals surface area contributed by atoms with Crippen molar-refractivity contribution in [1.29, 1.82) is 0 Å². The Kier molecular flexibility index (Phi) is 9.25. The van der Waals surface area contributed by atoms with E-state index in [0.717, 1.165) is 36.0 Å². The maximum Gasteiger partial charge on any atom is 0.434 e. The van der Waals surface area contributed by atoms with Crippen LogP contribution in [0.4, 0.5) is 13.2 Å². The van der Waals surface area contributed by atoms with Gasteiger partial charge in [0, 0.05) is 38.4 Å². The fourth-order valence-electron chi connectivity index (χ4n) is 1.94. The first-order valence-electron chi connectivity index (χ1n) is 7.89. The number of halogens is 3. The van der Waals surface area contributed by atoms with E-state index in [-0.39, 0.29) is 5.97 Å². The fraction of sp³-hybridized carbons (Fsp3) is 0.667. The van der Waals surface area contributed by atoms with Crippen molar-refractivity contribution in [2.24, 2.45) is 4.99 Å². The average molecular weight is 380 g/mol. The summed E-state index contributed by atoms with van der Waals surface area (Å²) in [6, 6.07) is 0. The van der Waals surface area contributed by atoms with Crippen LogP contribution in [0.15, 0.2) is 10.4 Å². The van der Waals surface area contributed by atoms with E-state index in [1.165, 1.54) is 7.11 Å². The van der Waals surface area contributed by atoms with Gasteiger partial charge in [0.1, 0.15) is 0 Å². The van der Waals surface area contributed by atoms with Crippen molar-refractivity contribution >= 4 is 23.3 Å². The second kappa shape index (κ2) is 10.9. The summed E-state index contributed by atoms with van der Waals surface area (Å²) in [7, 11) is 2.99. The molecule has 0 fully saturated rings. The van der Waals surface area contributed by atoms with Gasteiger partial charge in [-0.3, -0.25) is 9.79 Å². The third-order valence-electron chi connectivity index (χ3n) is 3.27. The minimum Gasteiger partial charge on any atom is -0.469 e. The number of methoxy groups -OCH3 is 1. The van der Waals surface area contributed by atoms with Gasteiger partial charge in [0.05, 0.1) is 12.1 Å². The molecule has 0 aromatic carbocycles. The number of aromatic nitrogens is 1. The lowest BCUT2D eigenvalue weighted by molar-refractivity contribution is -0.141. The number of carbonyl (C=O) groups is 1. The number of esters is 1. The molecule has 6 nitrogen and oxygen atoms in total. The number of rotatable bonds is 9. The molecule has 10 heteroatoms. The first kappa shape index (κ1) is 21.2. The molecule has 0 aliphatic heterocycles. The number of ether oxygens (including phenoxy) is 1. The number of aliphatic imine (C=N–C) groups is 1. The van der Waals surface area contributed by atoms with Gasteiger partial charge in [-0.25, -0.2) is 4.98 Å². The summed E-state index contributed by atoms with van der Waals surface area (Å²) in [5, 5.41) is 7.60. The number of unbranched alkanes of at least 4 members (excludes halogenated alkanes) is 2. The number of hydrogen-bond donors (Lipinski definition) is 2. The van der Waals surface area contributed by atoms with Crippen molar-refractivity contribution in [2.45, 2.75) is 38.3 Å². The van der Waals surface area contributed by atoms with E-state index < -0.39 is 11.9 Å². The van der Waals surface area contributed by atoms with Crippen LogP contribution in [0.1, 0.15) is 36.4 Å². The molecule has 0 saturated heterocycles. The first-order valence-corrected chi connectivity index (χ1v) is 8.77. The summed E-state index contributed by atoms with van der Waals surface area (Å²) in [6.45, 7) is 1.13. The maximum absolute atomic E-state index is 12.5. The molecule has 1 aromatic heterocycles. The predicted octanol–water partition coefficient (Wildman–Crippen LogP) is 2.60. The third-order valence-corrected chi connectivity index (χ3v) is 4.18. The van der Waals surface area contributed by atoms with Gasteiger partial charge in [0.25, 0.3) is 0 Å². The van der Waals surface area contributed by atoms with Crippen LogP contribution < -0.4 is 10.6 Å². The number of alkyl halides is 3. The number of thiazole rings is 1. The smallest absolute Gasteiger partial charge is 0.434 e. The van der Waals surface area contributed by atoms with Crippen LogP contribution in [0.5, 0.6) is 0 Å². The van der Waals surface area contributed by atoms with E-state index in [9.17, 15) is 18.0 Å². The molecule has 0 aliphatic rings. The summed E-state index contributed by atoms with van der Waals surface area (Å²) in [4.78, 5) is 18.6. The molecule has 0 saturated carbocycles. The molecule has 2 N–H and O–H groups in total. The quantitative estimate of drug-likeness (QED) is 0.298. The summed E-state index contributed by atoms with van der Waals surface area (Å²) < 4.78 is 42.0. The van der Waals surface area contributed by atoms with Gasteiger partial charge >= 0.3 is 12.1 Å². The molecule has 0 atom stereocenters. The van der Waals surface area contributed by atoms with E-state index >= 15 is 0 Å². The molecule has 0 spiro atoms. The largest absolute Gasteiger partial charge is 0.469 e. The molecule has 0 unspecified atom stereocenters. The molecular weight excluding hydrogens is 357 g/mol. The molecule has 142 valence electrons. The van der Waals surface area contributed by atoms with Gasteiger partial charge in [-0.05, 0) is 12.8 Å². The second-order valence-corrected chi connectivity index (χ2v) is 6.13. The lowest BCUT2D eigenvalue weighted by Gasteiger charge is -2.11. The summed E-state index contributed by atoms with van der Waals surface area (Å²) in [5.74, 6) is 0.377. The molecule has 0 radical (unpaired) electrons. The normalized spacial score (nSPS) is 12.1. The van der Waals surface area contributed by atoms with Crippen LogP contribution in [0.25, 0.3) is 0 Å². The highest BCUT2D eigenvalue weighted by Gasteiger charge is 2.33. The Morgan fingerprint density at radius 2 is 2.00 bits per heavy atom. The van der Waals surface area contributed by atoms with Crippen molar-refractivity contribution in [3.8, 4) is 0 Å². The highest BCUT2D eigenvalue weighted by molar-refractivity contribution is 7.09. The van der Waals surface area contributed by atoms with E-state index in [1.807, 2.05) is 0 Å². The highest BCUT2D eigenvalue weighted by Crippen LogP contribution is 2.29. The first-order chi connectivity index (χ1) is 11.9. The topological polar surface area (TPSA) is 75.6 Å². The van der Waals surface area contributed by atoms with E-state index in [1.54, 1.807) is 7.05 Å². The van der Waals surface area contributed by atoms with Crippen LogP contribution in [0, 0.1) is 0 Å². The maximum atomic E-state index is 12.5. The molecule has 0 amide bonds. The number of hydrogen-bond acceptors (Lipinski definition) is 5. The Morgan fingerprint density at radius 3 is 2.60 bits per heavy atom. The number of guanidine groups is 1. The van der Waals surface area contributed by atoms with Gasteiger partial charge in [0.15, 0.2) is 11.7 Å². The monoisotopic (exact) mass is 380 g/mol. The average Bonchev–Trinajstić information content (AvgIpc) is 3.05. The van der Waals surface area contributed by atoms with E-state index in [0.29, 0.717) is 36.9 Å². The third kappa shape index (κ3) is 8.71. The van der Waals surface area contributed by atoms with Crippen molar-refractivity contribution < 1.29 is 22.7 Å². The zero-order valence-electron chi connectivity index (χ0n) is 14.3. The Morgan fingerprint density at radius 1 is 1.28 bits per heavy atom. The van der Waals surface area contributed by atoms with Crippen LogP contribution >= 0.6 is 11.3 Å². The zero-order chi connectivity index (χ0) is 18.7. The van der Waals surface area contributed by atoms with Crippen molar-refractivity contribution in [3.63, 3.8) is 0 Å². The van der Waals surface area contributed by atoms with Gasteiger partial charge in [-0.2, -0.15) is 13.2 Å². The standard InChI is InChI=1S/C15H23F3N4O2S/c1-19-14(20-8-5-3-4-6-13(23)24-2)21-9-7-12-22-11(10-25-12)15(16,17)18/h10H,3-9H2,1-2H3,(H2,19,20,21). The minimum atomic E-state index is -4.40. The molecular formula is C15H23F3N4O2S. The molecule has 0 aliphatic carbocycles. The number of carbonyl (C=O) groups excluding carboxylic acids is 1. The van der Waals surface area contributed by atoms with Crippen molar-refractivity contribution in [2.75, 3.05) is 27.2 Å². The summed E-state index contributed by atoms with van der Waals surface area (Å²) in [6.07, 6.45) is -1.06. The van der Waals surface area contributed by atoms with Crippen LogP contribution in [-0.4, -0.2) is 44.2 Å². The number of nitrogens with one attached hydrogen (secondary N) is 2. The Labute approximate surface area is 148 Å². The van der Waals surface area contributed by atoms with Crippen molar-refractivity contribution in [1.82, 2.24) is 15.6 Å². The fourth-order valence-corrected chi connectivity index (χ4v) is 2.75. The Balaban J connectivity index is 2.18. The van der Waals surface area contributed by atoms with Crippen LogP contribution in [-0.2, 0) is 22.1 Å². The van der Waals surface area contributed by atoms with E-state index in [2.05, 4.69) is 25.3 Å². The van der Waals surface area contributed by atoms with Crippen LogP contribution in [0.2, 0.25) is 0 Å². The molecule has 1 rings (SSSR count). The molecule has 0 bridgehead atoms. The number of nitrogens with zero attached hydrogens (tertiary/aromatic N) is 2. The molecule has 1 aromatic rings. The predicted molar refractivity (Wildman–Crippen MR) is 90.7 cm³/mol. The zero-order valence-corrected chi connectivity index (χ0v) is 15.1. The van der Waals surface area contributed by atoms with Gasteiger partial charge < -0.3 is 15.4 Å². The highest BCUT2D eigenvalue weighted by atomic mass is 32.1. The lowest BCUT2D eigenvalue weighted by Crippen LogP contribution is -2.38.